The Morgan fingerprint density at radius 2 is 2.14 bits per heavy atom. The molecule has 84 valence electrons. The fourth-order valence-electron chi connectivity index (χ4n) is 0.763. The molecule has 0 saturated carbocycles. The van der Waals surface area contributed by atoms with Gasteiger partial charge in [-0.25, -0.2) is 4.18 Å². The SMILES string of the molecule is CCCCC(=O)NCCOS(=O)(=O)O. The maximum Gasteiger partial charge on any atom is 0.397 e. The molecule has 1 amide bonds. The quantitative estimate of drug-likeness (QED) is 0.474. The van der Waals surface area contributed by atoms with Crippen LogP contribution in [0, 0.1) is 0 Å². The van der Waals surface area contributed by atoms with Gasteiger partial charge in [-0.2, -0.15) is 8.42 Å². The largest absolute Gasteiger partial charge is 0.397 e. The van der Waals surface area contributed by atoms with Crippen molar-refractivity contribution in [1.29, 1.82) is 0 Å². The Morgan fingerprint density at radius 3 is 2.64 bits per heavy atom. The fraction of sp³-hybridized carbons (Fsp3) is 0.857. The van der Waals surface area contributed by atoms with E-state index in [9.17, 15) is 13.2 Å². The standard InChI is InChI=1S/C7H15NO5S/c1-2-3-4-7(9)8-5-6-13-14(10,11)12/h2-6H2,1H3,(H,8,9)(H,10,11,12). The number of rotatable bonds is 7. The zero-order chi connectivity index (χ0) is 11.0. The molecule has 0 unspecified atom stereocenters. The van der Waals surface area contributed by atoms with Crippen molar-refractivity contribution in [2.75, 3.05) is 13.2 Å². The van der Waals surface area contributed by atoms with E-state index in [-0.39, 0.29) is 19.1 Å². The van der Waals surface area contributed by atoms with Crippen molar-refractivity contribution in [1.82, 2.24) is 5.32 Å². The number of carbonyl (C=O) groups excluding carboxylic acids is 1. The number of nitrogens with one attached hydrogen (secondary N) is 1. The first-order valence-electron chi connectivity index (χ1n) is 4.34. The van der Waals surface area contributed by atoms with Crippen LogP contribution >= 0.6 is 0 Å². The lowest BCUT2D eigenvalue weighted by molar-refractivity contribution is -0.121. The first-order valence-corrected chi connectivity index (χ1v) is 5.70. The summed E-state index contributed by atoms with van der Waals surface area (Å²) in [6.45, 7) is 1.79. The number of carbonyl (C=O) groups is 1. The molecule has 0 radical (unpaired) electrons. The Morgan fingerprint density at radius 1 is 1.50 bits per heavy atom. The van der Waals surface area contributed by atoms with Crippen molar-refractivity contribution >= 4 is 16.3 Å². The van der Waals surface area contributed by atoms with E-state index < -0.39 is 10.4 Å². The minimum absolute atomic E-state index is 0.0718. The van der Waals surface area contributed by atoms with E-state index in [1.807, 2.05) is 6.92 Å². The van der Waals surface area contributed by atoms with Crippen molar-refractivity contribution in [3.63, 3.8) is 0 Å². The highest BCUT2D eigenvalue weighted by atomic mass is 32.3. The smallest absolute Gasteiger partial charge is 0.354 e. The van der Waals surface area contributed by atoms with E-state index in [4.69, 9.17) is 4.55 Å². The highest BCUT2D eigenvalue weighted by molar-refractivity contribution is 7.80. The molecule has 0 aliphatic heterocycles. The minimum atomic E-state index is -4.39. The van der Waals surface area contributed by atoms with Gasteiger partial charge < -0.3 is 5.32 Å². The average Bonchev–Trinajstić information content (AvgIpc) is 2.07. The zero-order valence-electron chi connectivity index (χ0n) is 8.02. The van der Waals surface area contributed by atoms with Crippen LogP contribution in [-0.4, -0.2) is 32.0 Å². The molecule has 0 fully saturated rings. The molecule has 0 aliphatic carbocycles. The lowest BCUT2D eigenvalue weighted by atomic mass is 10.2. The molecule has 0 aromatic rings. The third kappa shape index (κ3) is 9.43. The van der Waals surface area contributed by atoms with Crippen LogP contribution in [-0.2, 0) is 19.4 Å². The van der Waals surface area contributed by atoms with Crippen molar-refractivity contribution in [3.8, 4) is 0 Å². The van der Waals surface area contributed by atoms with Gasteiger partial charge in [0.25, 0.3) is 0 Å². The molecule has 0 aliphatic rings. The van der Waals surface area contributed by atoms with Crippen LogP contribution in [0.25, 0.3) is 0 Å². The van der Waals surface area contributed by atoms with Crippen molar-refractivity contribution < 1.29 is 21.9 Å². The Balaban J connectivity index is 3.41. The third-order valence-corrected chi connectivity index (χ3v) is 1.88. The predicted octanol–water partition coefficient (Wildman–Crippen LogP) is 0.112. The van der Waals surface area contributed by atoms with Gasteiger partial charge in [-0.15, -0.1) is 0 Å². The highest BCUT2D eigenvalue weighted by Gasteiger charge is 2.04. The van der Waals surface area contributed by atoms with Crippen LogP contribution < -0.4 is 5.32 Å². The van der Waals surface area contributed by atoms with Crippen molar-refractivity contribution in [2.45, 2.75) is 26.2 Å². The van der Waals surface area contributed by atoms with Gasteiger partial charge in [0.2, 0.25) is 5.91 Å². The zero-order valence-corrected chi connectivity index (χ0v) is 8.84. The Hall–Kier alpha value is -0.660. The molecule has 7 heteroatoms. The van der Waals surface area contributed by atoms with Gasteiger partial charge in [0.15, 0.2) is 0 Å². The second-order valence-corrected chi connectivity index (χ2v) is 3.79. The number of hydrogen-bond donors (Lipinski definition) is 2. The summed E-state index contributed by atoms with van der Waals surface area (Å²) in [6, 6.07) is 0. The van der Waals surface area contributed by atoms with Crippen molar-refractivity contribution in [2.24, 2.45) is 0 Å². The first-order chi connectivity index (χ1) is 6.45. The van der Waals surface area contributed by atoms with Crippen LogP contribution in [0.3, 0.4) is 0 Å². The summed E-state index contributed by atoms with van der Waals surface area (Å²) in [5.74, 6) is -0.147. The summed E-state index contributed by atoms with van der Waals surface area (Å²) >= 11 is 0. The van der Waals surface area contributed by atoms with Gasteiger partial charge in [0.05, 0.1) is 6.61 Å². The number of hydrogen-bond acceptors (Lipinski definition) is 4. The van der Waals surface area contributed by atoms with Crippen molar-refractivity contribution in [3.05, 3.63) is 0 Å². The normalized spacial score (nSPS) is 11.3. The molecule has 14 heavy (non-hydrogen) atoms. The molecular weight excluding hydrogens is 210 g/mol. The van der Waals surface area contributed by atoms with Gasteiger partial charge in [-0.05, 0) is 6.42 Å². The Labute approximate surface area is 83.6 Å². The van der Waals surface area contributed by atoms with Gasteiger partial charge in [0, 0.05) is 13.0 Å². The van der Waals surface area contributed by atoms with E-state index in [1.165, 1.54) is 0 Å². The first kappa shape index (κ1) is 13.3. The summed E-state index contributed by atoms with van der Waals surface area (Å²) < 4.78 is 32.3. The van der Waals surface area contributed by atoms with Gasteiger partial charge in [0.1, 0.15) is 0 Å². The maximum absolute atomic E-state index is 10.9. The molecule has 6 nitrogen and oxygen atoms in total. The summed E-state index contributed by atoms with van der Waals surface area (Å²) in [7, 11) is -4.39. The van der Waals surface area contributed by atoms with E-state index in [0.29, 0.717) is 6.42 Å². The summed E-state index contributed by atoms with van der Waals surface area (Å²) in [4.78, 5) is 10.9. The van der Waals surface area contributed by atoms with Crippen LogP contribution in [0.5, 0.6) is 0 Å². The highest BCUT2D eigenvalue weighted by Crippen LogP contribution is 1.92. The third-order valence-electron chi connectivity index (χ3n) is 1.41. The Bertz CT molecular complexity index is 261. The van der Waals surface area contributed by atoms with Gasteiger partial charge in [-0.1, -0.05) is 13.3 Å². The maximum atomic E-state index is 10.9. The molecule has 0 aromatic carbocycles. The van der Waals surface area contributed by atoms with Crippen LogP contribution in [0.15, 0.2) is 0 Å². The Kier molecular flexibility index (Phi) is 6.43. The van der Waals surface area contributed by atoms with E-state index in [0.717, 1.165) is 12.8 Å². The summed E-state index contributed by atoms with van der Waals surface area (Å²) in [5.41, 5.74) is 0. The number of amides is 1. The van der Waals surface area contributed by atoms with Gasteiger partial charge in [-0.3, -0.25) is 9.35 Å². The van der Waals surface area contributed by atoms with Gasteiger partial charge >= 0.3 is 10.4 Å². The van der Waals surface area contributed by atoms with Crippen LogP contribution in [0.1, 0.15) is 26.2 Å². The van der Waals surface area contributed by atoms with E-state index in [2.05, 4.69) is 9.50 Å². The fourth-order valence-corrected chi connectivity index (χ4v) is 1.06. The van der Waals surface area contributed by atoms with Crippen LogP contribution in [0.4, 0.5) is 0 Å². The molecule has 0 bridgehead atoms. The molecule has 0 atom stereocenters. The molecule has 0 rings (SSSR count). The second kappa shape index (κ2) is 6.74. The number of unbranched alkanes of at least 4 members (excludes halogenated alkanes) is 1. The topological polar surface area (TPSA) is 92.7 Å². The summed E-state index contributed by atoms with van der Waals surface area (Å²) in [5, 5.41) is 2.45. The molecule has 0 heterocycles. The van der Waals surface area contributed by atoms with Crippen LogP contribution in [0.2, 0.25) is 0 Å². The molecule has 0 spiro atoms. The minimum Gasteiger partial charge on any atom is -0.354 e. The molecule has 2 N–H and O–H groups in total. The van der Waals surface area contributed by atoms with E-state index >= 15 is 0 Å². The monoisotopic (exact) mass is 225 g/mol. The summed E-state index contributed by atoms with van der Waals surface area (Å²) in [6.07, 6.45) is 2.14. The van der Waals surface area contributed by atoms with E-state index in [1.54, 1.807) is 0 Å². The molecule has 0 aromatic heterocycles. The predicted molar refractivity (Wildman–Crippen MR) is 50.0 cm³/mol. The lowest BCUT2D eigenvalue weighted by Crippen LogP contribution is -2.27. The molecule has 0 saturated heterocycles. The second-order valence-electron chi connectivity index (χ2n) is 2.70. The lowest BCUT2D eigenvalue weighted by Gasteiger charge is -2.03. The molecular formula is C7H15NO5S. The average molecular weight is 225 g/mol.